The van der Waals surface area contributed by atoms with Crippen molar-refractivity contribution in [2.45, 2.75) is 65.1 Å². The molecule has 1 aromatic rings. The Bertz CT molecular complexity index is 889. The van der Waals surface area contributed by atoms with Gasteiger partial charge in [-0.2, -0.15) is 0 Å². The Kier molecular flexibility index (Phi) is 8.23. The summed E-state index contributed by atoms with van der Waals surface area (Å²) in [6.07, 6.45) is 0.980. The molecule has 184 valence electrons. The van der Waals surface area contributed by atoms with E-state index in [1.807, 2.05) is 11.8 Å². The molecule has 3 unspecified atom stereocenters. The lowest BCUT2D eigenvalue weighted by Gasteiger charge is -2.39. The highest BCUT2D eigenvalue weighted by Gasteiger charge is 2.44. The van der Waals surface area contributed by atoms with Gasteiger partial charge in [-0.1, -0.05) is 32.4 Å². The summed E-state index contributed by atoms with van der Waals surface area (Å²) >= 11 is 6.09. The van der Waals surface area contributed by atoms with Crippen LogP contribution in [0.2, 0.25) is 5.15 Å². The van der Waals surface area contributed by atoms with Gasteiger partial charge in [0.25, 0.3) is 11.9 Å². The Morgan fingerprint density at radius 2 is 2.15 bits per heavy atom. The van der Waals surface area contributed by atoms with Crippen molar-refractivity contribution in [1.29, 1.82) is 0 Å². The first-order chi connectivity index (χ1) is 15.7. The van der Waals surface area contributed by atoms with E-state index in [4.69, 9.17) is 25.8 Å². The van der Waals surface area contributed by atoms with Crippen LogP contribution in [0.15, 0.2) is 4.99 Å². The number of nitrogens with one attached hydrogen (secondary N) is 2. The van der Waals surface area contributed by atoms with E-state index >= 15 is 0 Å². The zero-order valence-electron chi connectivity index (χ0n) is 19.9. The number of aliphatic imine (C=N–C) groups is 1. The van der Waals surface area contributed by atoms with Gasteiger partial charge in [0.2, 0.25) is 0 Å². The largest absolute Gasteiger partial charge is 0.464 e. The number of likely N-dealkylation sites (tertiary alicyclic amines) is 1. The highest BCUT2D eigenvalue weighted by atomic mass is 35.5. The third-order valence-corrected chi connectivity index (χ3v) is 5.94. The van der Waals surface area contributed by atoms with Crippen molar-refractivity contribution < 1.29 is 23.8 Å². The molecule has 10 nitrogen and oxygen atoms in total. The average Bonchev–Trinajstić information content (AvgIpc) is 3.36. The lowest BCUT2D eigenvalue weighted by Crippen LogP contribution is -2.56. The molecule has 3 heterocycles. The second-order valence-corrected chi connectivity index (χ2v) is 9.32. The molecule has 2 N–H and O–H groups in total. The molecule has 0 radical (unpaired) electrons. The molecule has 33 heavy (non-hydrogen) atoms. The molecular weight excluding hydrogens is 450 g/mol. The lowest BCUT2D eigenvalue weighted by molar-refractivity contribution is -0.149. The average molecular weight is 484 g/mol. The lowest BCUT2D eigenvalue weighted by atomic mass is 10.0. The minimum absolute atomic E-state index is 0.133. The third-order valence-electron chi connectivity index (χ3n) is 5.63. The van der Waals surface area contributed by atoms with E-state index in [1.165, 1.54) is 0 Å². The molecule has 0 saturated carbocycles. The zero-order chi connectivity index (χ0) is 24.2. The Morgan fingerprint density at radius 1 is 1.39 bits per heavy atom. The molecule has 0 bridgehead atoms. The van der Waals surface area contributed by atoms with Crippen molar-refractivity contribution >= 4 is 29.5 Å². The zero-order valence-corrected chi connectivity index (χ0v) is 20.7. The van der Waals surface area contributed by atoms with Crippen LogP contribution in [-0.4, -0.2) is 83.4 Å². The van der Waals surface area contributed by atoms with Crippen LogP contribution in [0.1, 0.15) is 57.4 Å². The number of nitrogens with zero attached hydrogens (tertiary/aromatic N) is 3. The number of esters is 1. The number of aromatic nitrogens is 2. The number of carbonyl (C=O) groups is 2. The topological polar surface area (TPSA) is 118 Å². The number of hydrogen-bond donors (Lipinski definition) is 2. The van der Waals surface area contributed by atoms with Gasteiger partial charge in [0, 0.05) is 13.2 Å². The number of imidazole rings is 1. The van der Waals surface area contributed by atoms with Gasteiger partial charge in [-0.25, -0.2) is 14.8 Å². The van der Waals surface area contributed by atoms with E-state index in [-0.39, 0.29) is 37.1 Å². The van der Waals surface area contributed by atoms with E-state index in [1.54, 1.807) is 13.8 Å². The number of carbonyl (C=O) groups excluding carboxylic acids is 2. The summed E-state index contributed by atoms with van der Waals surface area (Å²) in [5, 5.41) is 3.35. The molecule has 1 fully saturated rings. The number of piperidine rings is 1. The van der Waals surface area contributed by atoms with Gasteiger partial charge >= 0.3 is 5.97 Å². The number of amides is 1. The van der Waals surface area contributed by atoms with Crippen molar-refractivity contribution in [3.8, 4) is 0 Å². The Labute approximate surface area is 199 Å². The van der Waals surface area contributed by atoms with Gasteiger partial charge in [0.15, 0.2) is 16.5 Å². The van der Waals surface area contributed by atoms with Crippen molar-refractivity contribution in [1.82, 2.24) is 20.2 Å². The van der Waals surface area contributed by atoms with Crippen molar-refractivity contribution in [3.05, 3.63) is 16.7 Å². The predicted octanol–water partition coefficient (Wildman–Crippen LogP) is 2.18. The van der Waals surface area contributed by atoms with Crippen molar-refractivity contribution in [2.75, 3.05) is 32.9 Å². The first-order valence-corrected chi connectivity index (χ1v) is 11.9. The highest BCUT2D eigenvalue weighted by Crippen LogP contribution is 2.25. The molecule has 1 saturated heterocycles. The van der Waals surface area contributed by atoms with E-state index in [0.29, 0.717) is 49.6 Å². The predicted molar refractivity (Wildman–Crippen MR) is 123 cm³/mol. The molecule has 2 aliphatic heterocycles. The summed E-state index contributed by atoms with van der Waals surface area (Å²) in [6, 6.07) is 0.179. The minimum Gasteiger partial charge on any atom is -0.464 e. The summed E-state index contributed by atoms with van der Waals surface area (Å²) in [4.78, 5) is 38.7. The molecule has 2 aliphatic rings. The van der Waals surface area contributed by atoms with Crippen LogP contribution < -0.4 is 5.32 Å². The first kappa shape index (κ1) is 25.3. The van der Waals surface area contributed by atoms with E-state index < -0.39 is 11.5 Å². The fourth-order valence-electron chi connectivity index (χ4n) is 3.74. The maximum Gasteiger partial charge on any atom is 0.337 e. The molecule has 11 heteroatoms. The summed E-state index contributed by atoms with van der Waals surface area (Å²) in [5.74, 6) is -0.202. The van der Waals surface area contributed by atoms with Crippen LogP contribution >= 0.6 is 11.6 Å². The molecule has 3 rings (SSSR count). The number of aryl methyl sites for hydroxylation is 1. The SMILES string of the molecule is CCOC(=O)C1(C)COC(N2CCC(NC(=O)c3nc(Cl)c(CC)[nH]3)C(OCC(C)C)C2)=N1. The maximum atomic E-state index is 12.8. The first-order valence-electron chi connectivity index (χ1n) is 11.5. The molecular formula is C22H34ClN5O5. The fourth-order valence-corrected chi connectivity index (χ4v) is 4.01. The third kappa shape index (κ3) is 5.97. The van der Waals surface area contributed by atoms with E-state index in [9.17, 15) is 9.59 Å². The maximum absolute atomic E-state index is 12.8. The molecule has 0 aromatic carbocycles. The monoisotopic (exact) mass is 483 g/mol. The molecule has 1 amide bonds. The van der Waals surface area contributed by atoms with Gasteiger partial charge in [-0.3, -0.25) is 4.79 Å². The normalized spacial score (nSPS) is 25.1. The Morgan fingerprint density at radius 3 is 2.79 bits per heavy atom. The van der Waals surface area contributed by atoms with Crippen LogP contribution in [0, 0.1) is 5.92 Å². The molecule has 3 atom stereocenters. The minimum atomic E-state index is -1.06. The van der Waals surface area contributed by atoms with Gasteiger partial charge in [-0.05, 0) is 32.6 Å². The molecule has 1 aromatic heterocycles. The van der Waals surface area contributed by atoms with Gasteiger partial charge < -0.3 is 29.4 Å². The van der Waals surface area contributed by atoms with Crippen molar-refractivity contribution in [3.63, 3.8) is 0 Å². The number of H-pyrrole nitrogens is 1. The standard InChI is InChI=1S/C22H34ClN5O5/c1-6-14-17(23)26-18(24-14)19(29)25-15-8-9-28(10-16(15)32-11-13(3)4)21-27-22(5,12-33-21)20(30)31-7-2/h13,15-16H,6-12H2,1-5H3,(H,24,26)(H,25,29). The second kappa shape index (κ2) is 10.7. The van der Waals surface area contributed by atoms with Crippen LogP contribution in [0.3, 0.4) is 0 Å². The number of hydrogen-bond acceptors (Lipinski definition) is 8. The van der Waals surface area contributed by atoms with Gasteiger partial charge in [0.1, 0.15) is 6.61 Å². The summed E-state index contributed by atoms with van der Waals surface area (Å²) in [5.41, 5.74) is -0.328. The van der Waals surface area contributed by atoms with Crippen molar-refractivity contribution in [2.24, 2.45) is 10.9 Å². The Hall–Kier alpha value is -2.33. The highest BCUT2D eigenvalue weighted by molar-refractivity contribution is 6.30. The smallest absolute Gasteiger partial charge is 0.337 e. The van der Waals surface area contributed by atoms with E-state index in [2.05, 4.69) is 34.1 Å². The van der Waals surface area contributed by atoms with E-state index in [0.717, 1.165) is 5.69 Å². The number of amidine groups is 1. The van der Waals surface area contributed by atoms with Crippen LogP contribution in [0.5, 0.6) is 0 Å². The van der Waals surface area contributed by atoms with Gasteiger partial charge in [0.05, 0.1) is 31.0 Å². The summed E-state index contributed by atoms with van der Waals surface area (Å²) in [6.45, 7) is 11.6. The molecule has 0 spiro atoms. The van der Waals surface area contributed by atoms with Crippen LogP contribution in [-0.2, 0) is 25.4 Å². The summed E-state index contributed by atoms with van der Waals surface area (Å²) in [7, 11) is 0. The number of ether oxygens (including phenoxy) is 3. The number of aromatic amines is 1. The molecule has 0 aliphatic carbocycles. The number of rotatable bonds is 8. The van der Waals surface area contributed by atoms with Crippen LogP contribution in [0.4, 0.5) is 0 Å². The summed E-state index contributed by atoms with van der Waals surface area (Å²) < 4.78 is 17.1. The Balaban J connectivity index is 1.70. The number of halogens is 1. The second-order valence-electron chi connectivity index (χ2n) is 8.97. The quantitative estimate of drug-likeness (QED) is 0.544. The fraction of sp³-hybridized carbons (Fsp3) is 0.727. The van der Waals surface area contributed by atoms with Gasteiger partial charge in [-0.15, -0.1) is 0 Å². The van der Waals surface area contributed by atoms with Crippen LogP contribution in [0.25, 0.3) is 0 Å².